The number of nitrogens with zero attached hydrogens (tertiary/aromatic N) is 1. The molecule has 0 aliphatic carbocycles. The van der Waals surface area contributed by atoms with E-state index in [0.29, 0.717) is 13.0 Å². The Labute approximate surface area is 149 Å². The van der Waals surface area contributed by atoms with Gasteiger partial charge in [-0.3, -0.25) is 9.59 Å². The predicted molar refractivity (Wildman–Crippen MR) is 94.4 cm³/mol. The number of anilines is 1. The number of nitrogens with one attached hydrogen (secondary N) is 1. The second kappa shape index (κ2) is 6.15. The highest BCUT2D eigenvalue weighted by atomic mass is 79.9. The van der Waals surface area contributed by atoms with Crippen molar-refractivity contribution in [2.45, 2.75) is 25.3 Å². The standard InChI is InChI=1S/C16H19BrN2O4S/c1-16(5-6-24(22,23)10-16)18-15(21)11-7-14(20)19(9-11)13-4-2-3-12(17)8-13/h2-4,8,11H,5-7,9-10H2,1H3,(H,18,21)/t11-,16-/m0/s1. The molecule has 0 aromatic heterocycles. The van der Waals surface area contributed by atoms with E-state index in [4.69, 9.17) is 0 Å². The predicted octanol–water partition coefficient (Wildman–Crippen LogP) is 1.50. The minimum atomic E-state index is -3.09. The highest BCUT2D eigenvalue weighted by Crippen LogP contribution is 2.29. The summed E-state index contributed by atoms with van der Waals surface area (Å²) in [7, 11) is -3.09. The van der Waals surface area contributed by atoms with Crippen LogP contribution >= 0.6 is 15.9 Å². The molecule has 1 N–H and O–H groups in total. The van der Waals surface area contributed by atoms with Crippen LogP contribution < -0.4 is 10.2 Å². The highest BCUT2D eigenvalue weighted by Gasteiger charge is 2.42. The molecule has 2 heterocycles. The summed E-state index contributed by atoms with van der Waals surface area (Å²) in [6, 6.07) is 7.37. The Morgan fingerprint density at radius 2 is 2.17 bits per heavy atom. The number of rotatable bonds is 3. The van der Waals surface area contributed by atoms with Crippen molar-refractivity contribution >= 4 is 43.3 Å². The molecule has 3 rings (SSSR count). The molecule has 0 unspecified atom stereocenters. The third-order valence-electron chi connectivity index (χ3n) is 4.54. The van der Waals surface area contributed by atoms with Crippen LogP contribution in [-0.4, -0.2) is 43.8 Å². The molecule has 130 valence electrons. The average molecular weight is 415 g/mol. The van der Waals surface area contributed by atoms with Gasteiger partial charge in [0.05, 0.1) is 23.0 Å². The van der Waals surface area contributed by atoms with Crippen molar-refractivity contribution in [2.75, 3.05) is 23.0 Å². The number of halogens is 1. The Hall–Kier alpha value is -1.41. The molecule has 6 nitrogen and oxygen atoms in total. The first-order valence-corrected chi connectivity index (χ1v) is 10.4. The fourth-order valence-corrected chi connectivity index (χ4v) is 5.77. The largest absolute Gasteiger partial charge is 0.350 e. The summed E-state index contributed by atoms with van der Waals surface area (Å²) in [6.07, 6.45) is 0.554. The van der Waals surface area contributed by atoms with Gasteiger partial charge in [0.25, 0.3) is 0 Å². The average Bonchev–Trinajstić information content (AvgIpc) is 2.99. The lowest BCUT2D eigenvalue weighted by molar-refractivity contribution is -0.127. The van der Waals surface area contributed by atoms with Crippen LogP contribution in [0.15, 0.2) is 28.7 Å². The third kappa shape index (κ3) is 3.64. The van der Waals surface area contributed by atoms with E-state index in [-0.39, 0.29) is 29.7 Å². The topological polar surface area (TPSA) is 83.6 Å². The van der Waals surface area contributed by atoms with Gasteiger partial charge in [-0.05, 0) is 31.5 Å². The Morgan fingerprint density at radius 3 is 2.79 bits per heavy atom. The monoisotopic (exact) mass is 414 g/mol. The normalized spacial score (nSPS) is 29.0. The van der Waals surface area contributed by atoms with Gasteiger partial charge in [-0.15, -0.1) is 0 Å². The van der Waals surface area contributed by atoms with Gasteiger partial charge >= 0.3 is 0 Å². The molecular weight excluding hydrogens is 396 g/mol. The molecule has 2 saturated heterocycles. The Balaban J connectivity index is 1.68. The maximum atomic E-state index is 12.5. The molecule has 1 aromatic carbocycles. The van der Waals surface area contributed by atoms with Crippen LogP contribution in [0.2, 0.25) is 0 Å². The molecule has 0 bridgehead atoms. The molecule has 2 aliphatic rings. The van der Waals surface area contributed by atoms with Crippen molar-refractivity contribution in [3.05, 3.63) is 28.7 Å². The van der Waals surface area contributed by atoms with Crippen LogP contribution in [-0.2, 0) is 19.4 Å². The van der Waals surface area contributed by atoms with E-state index in [1.807, 2.05) is 24.3 Å². The SMILES string of the molecule is C[C@]1(NC(=O)[C@H]2CC(=O)N(c3cccc(Br)c3)C2)CCS(=O)(=O)C1. The minimum absolute atomic E-state index is 0.0399. The first kappa shape index (κ1) is 17.4. The second-order valence-corrected chi connectivity index (χ2v) is 9.88. The Kier molecular flexibility index (Phi) is 4.46. The lowest BCUT2D eigenvalue weighted by atomic mass is 9.99. The fourth-order valence-electron chi connectivity index (χ4n) is 3.29. The summed E-state index contributed by atoms with van der Waals surface area (Å²) >= 11 is 3.38. The molecule has 0 saturated carbocycles. The van der Waals surface area contributed by atoms with Gasteiger partial charge in [-0.1, -0.05) is 22.0 Å². The zero-order valence-corrected chi connectivity index (χ0v) is 15.7. The number of carbonyl (C=O) groups excluding carboxylic acids is 2. The van der Waals surface area contributed by atoms with Gasteiger partial charge in [0.2, 0.25) is 11.8 Å². The number of hydrogen-bond acceptors (Lipinski definition) is 4. The number of carbonyl (C=O) groups is 2. The third-order valence-corrected chi connectivity index (χ3v) is 6.94. The van der Waals surface area contributed by atoms with Gasteiger partial charge < -0.3 is 10.2 Å². The van der Waals surface area contributed by atoms with E-state index in [2.05, 4.69) is 21.2 Å². The van der Waals surface area contributed by atoms with Crippen LogP contribution in [0.5, 0.6) is 0 Å². The van der Waals surface area contributed by atoms with Crippen molar-refractivity contribution in [3.8, 4) is 0 Å². The molecule has 8 heteroatoms. The molecule has 2 amide bonds. The summed E-state index contributed by atoms with van der Waals surface area (Å²) in [6.45, 7) is 2.06. The maximum absolute atomic E-state index is 12.5. The highest BCUT2D eigenvalue weighted by molar-refractivity contribution is 9.10. The zero-order valence-electron chi connectivity index (χ0n) is 13.3. The second-order valence-electron chi connectivity index (χ2n) is 6.78. The lowest BCUT2D eigenvalue weighted by Gasteiger charge is -2.25. The lowest BCUT2D eigenvalue weighted by Crippen LogP contribution is -2.49. The fraction of sp³-hybridized carbons (Fsp3) is 0.500. The van der Waals surface area contributed by atoms with E-state index in [9.17, 15) is 18.0 Å². The molecule has 1 aromatic rings. The van der Waals surface area contributed by atoms with Gasteiger partial charge in [0.15, 0.2) is 9.84 Å². The maximum Gasteiger partial charge on any atom is 0.227 e. The number of benzene rings is 1. The van der Waals surface area contributed by atoms with E-state index in [1.165, 1.54) is 0 Å². The van der Waals surface area contributed by atoms with Crippen LogP contribution in [0.3, 0.4) is 0 Å². The minimum Gasteiger partial charge on any atom is -0.350 e. The first-order chi connectivity index (χ1) is 11.2. The van der Waals surface area contributed by atoms with Gasteiger partial charge in [-0.25, -0.2) is 8.42 Å². The molecule has 2 fully saturated rings. The zero-order chi connectivity index (χ0) is 17.5. The van der Waals surface area contributed by atoms with E-state index < -0.39 is 21.3 Å². The van der Waals surface area contributed by atoms with E-state index in [1.54, 1.807) is 11.8 Å². The molecule has 24 heavy (non-hydrogen) atoms. The summed E-state index contributed by atoms with van der Waals surface area (Å²) < 4.78 is 24.2. The first-order valence-electron chi connectivity index (χ1n) is 7.76. The van der Waals surface area contributed by atoms with Crippen molar-refractivity contribution in [1.29, 1.82) is 0 Å². The van der Waals surface area contributed by atoms with Gasteiger partial charge in [0.1, 0.15) is 0 Å². The van der Waals surface area contributed by atoms with Crippen molar-refractivity contribution in [2.24, 2.45) is 5.92 Å². The quantitative estimate of drug-likeness (QED) is 0.811. The van der Waals surface area contributed by atoms with Gasteiger partial charge in [0, 0.05) is 23.1 Å². The van der Waals surface area contributed by atoms with Crippen LogP contribution in [0.25, 0.3) is 0 Å². The van der Waals surface area contributed by atoms with Crippen molar-refractivity contribution in [3.63, 3.8) is 0 Å². The number of hydrogen-bond donors (Lipinski definition) is 1. The van der Waals surface area contributed by atoms with Crippen LogP contribution in [0.1, 0.15) is 19.8 Å². The van der Waals surface area contributed by atoms with Crippen molar-refractivity contribution < 1.29 is 18.0 Å². The molecular formula is C16H19BrN2O4S. The van der Waals surface area contributed by atoms with Crippen molar-refractivity contribution in [1.82, 2.24) is 5.32 Å². The summed E-state index contributed by atoms with van der Waals surface area (Å²) in [5.41, 5.74) is 0.0154. The molecule has 0 radical (unpaired) electrons. The molecule has 2 aliphatic heterocycles. The van der Waals surface area contributed by atoms with E-state index >= 15 is 0 Å². The number of sulfone groups is 1. The summed E-state index contributed by atoms with van der Waals surface area (Å²) in [5.74, 6) is -0.756. The number of amides is 2. The van der Waals surface area contributed by atoms with Crippen LogP contribution in [0, 0.1) is 5.92 Å². The summed E-state index contributed by atoms with van der Waals surface area (Å²) in [5, 5.41) is 2.85. The van der Waals surface area contributed by atoms with Gasteiger partial charge in [-0.2, -0.15) is 0 Å². The molecule has 0 spiro atoms. The summed E-state index contributed by atoms with van der Waals surface area (Å²) in [4.78, 5) is 26.4. The van der Waals surface area contributed by atoms with E-state index in [0.717, 1.165) is 10.2 Å². The molecule has 2 atom stereocenters. The smallest absolute Gasteiger partial charge is 0.227 e. The Bertz CT molecular complexity index is 795. The van der Waals surface area contributed by atoms with Crippen LogP contribution in [0.4, 0.5) is 5.69 Å². The Morgan fingerprint density at radius 1 is 1.42 bits per heavy atom.